The molecule has 5 N–H and O–H groups in total. The Hall–Kier alpha value is -2.97. The first-order chi connectivity index (χ1) is 16.7. The highest BCUT2D eigenvalue weighted by Crippen LogP contribution is 2.18. The fourth-order valence-electron chi connectivity index (χ4n) is 3.79. The second kappa shape index (κ2) is 15.8. The summed E-state index contributed by atoms with van der Waals surface area (Å²) in [5.74, 6) is -0.447. The molecule has 8 heteroatoms. The van der Waals surface area contributed by atoms with Gasteiger partial charge in [-0.15, -0.1) is 12.4 Å². The SMILES string of the molecule is Cl.NCCOCCNC(=O)[C@H](Cc1ccccc1)NC(=O)CNCCc1cccc2ccccc12. The van der Waals surface area contributed by atoms with E-state index in [9.17, 15) is 9.59 Å². The number of benzene rings is 3. The summed E-state index contributed by atoms with van der Waals surface area (Å²) in [4.78, 5) is 25.3. The second-order valence-corrected chi connectivity index (χ2v) is 8.07. The molecule has 7 nitrogen and oxygen atoms in total. The Morgan fingerprint density at radius 3 is 2.43 bits per heavy atom. The Balaban J connectivity index is 0.00000432. The van der Waals surface area contributed by atoms with Crippen LogP contribution in [0.1, 0.15) is 11.1 Å². The number of nitrogens with one attached hydrogen (secondary N) is 3. The molecule has 0 aromatic heterocycles. The molecule has 0 aliphatic heterocycles. The molecule has 0 aliphatic carbocycles. The Morgan fingerprint density at radius 1 is 0.886 bits per heavy atom. The highest BCUT2D eigenvalue weighted by molar-refractivity contribution is 5.88. The average Bonchev–Trinajstić information content (AvgIpc) is 2.86. The molecule has 3 aromatic carbocycles. The number of rotatable bonds is 14. The van der Waals surface area contributed by atoms with Gasteiger partial charge in [-0.3, -0.25) is 9.59 Å². The summed E-state index contributed by atoms with van der Waals surface area (Å²) in [6, 6.07) is 23.5. The third kappa shape index (κ3) is 9.66. The van der Waals surface area contributed by atoms with Crippen molar-refractivity contribution < 1.29 is 14.3 Å². The Bertz CT molecular complexity index is 1040. The van der Waals surface area contributed by atoms with Crippen LogP contribution in [0.5, 0.6) is 0 Å². The molecule has 0 heterocycles. The van der Waals surface area contributed by atoms with Gasteiger partial charge < -0.3 is 26.4 Å². The molecule has 0 radical (unpaired) electrons. The molecule has 35 heavy (non-hydrogen) atoms. The lowest BCUT2D eigenvalue weighted by atomic mass is 10.0. The van der Waals surface area contributed by atoms with Gasteiger partial charge in [-0.25, -0.2) is 0 Å². The predicted octanol–water partition coefficient (Wildman–Crippen LogP) is 2.21. The molecule has 0 saturated heterocycles. The summed E-state index contributed by atoms with van der Waals surface area (Å²) < 4.78 is 5.30. The molecule has 2 amide bonds. The van der Waals surface area contributed by atoms with Crippen molar-refractivity contribution >= 4 is 35.0 Å². The van der Waals surface area contributed by atoms with E-state index in [2.05, 4.69) is 46.3 Å². The zero-order valence-corrected chi connectivity index (χ0v) is 20.7. The standard InChI is InChI=1S/C27H34N4O3.ClH/c28-14-17-34-18-16-30-27(33)25(19-21-7-2-1-3-8-21)31-26(32)20-29-15-13-23-11-6-10-22-9-4-5-12-24(22)23;/h1-12,25,29H,13-20,28H2,(H,30,33)(H,31,32);1H/t25-;/m0./s1. The van der Waals surface area contributed by atoms with Gasteiger partial charge in [0.15, 0.2) is 0 Å². The molecule has 0 unspecified atom stereocenters. The van der Waals surface area contributed by atoms with E-state index in [1.165, 1.54) is 16.3 Å². The quantitative estimate of drug-likeness (QED) is 0.255. The molecule has 188 valence electrons. The number of ether oxygens (including phenoxy) is 1. The van der Waals surface area contributed by atoms with Crippen LogP contribution in [0.25, 0.3) is 10.8 Å². The summed E-state index contributed by atoms with van der Waals surface area (Å²) in [6.07, 6.45) is 1.23. The summed E-state index contributed by atoms with van der Waals surface area (Å²) >= 11 is 0. The number of nitrogens with two attached hydrogens (primary N) is 1. The maximum absolute atomic E-state index is 12.7. The molecule has 0 aliphatic rings. The van der Waals surface area contributed by atoms with Gasteiger partial charge >= 0.3 is 0 Å². The van der Waals surface area contributed by atoms with Crippen molar-refractivity contribution in [2.75, 3.05) is 39.4 Å². The zero-order chi connectivity index (χ0) is 24.0. The molecule has 0 fully saturated rings. The molecule has 0 bridgehead atoms. The van der Waals surface area contributed by atoms with Crippen molar-refractivity contribution in [1.29, 1.82) is 0 Å². The molecular formula is C27H35ClN4O3. The van der Waals surface area contributed by atoms with E-state index < -0.39 is 6.04 Å². The molecule has 3 rings (SSSR count). The lowest BCUT2D eigenvalue weighted by Crippen LogP contribution is -2.50. The highest BCUT2D eigenvalue weighted by atomic mass is 35.5. The Kier molecular flexibility index (Phi) is 12.8. The van der Waals surface area contributed by atoms with E-state index in [1.54, 1.807) is 0 Å². The van der Waals surface area contributed by atoms with Gasteiger partial charge in [-0.2, -0.15) is 0 Å². The van der Waals surface area contributed by atoms with Crippen LogP contribution in [0.15, 0.2) is 72.8 Å². The molecule has 3 aromatic rings. The van der Waals surface area contributed by atoms with Gasteiger partial charge in [0.25, 0.3) is 0 Å². The van der Waals surface area contributed by atoms with Crippen LogP contribution >= 0.6 is 12.4 Å². The van der Waals surface area contributed by atoms with E-state index in [1.807, 2.05) is 42.5 Å². The van der Waals surface area contributed by atoms with Crippen molar-refractivity contribution in [3.8, 4) is 0 Å². The summed E-state index contributed by atoms with van der Waals surface area (Å²) in [6.45, 7) is 2.44. The van der Waals surface area contributed by atoms with Crippen molar-refractivity contribution in [1.82, 2.24) is 16.0 Å². The van der Waals surface area contributed by atoms with Crippen molar-refractivity contribution in [3.63, 3.8) is 0 Å². The largest absolute Gasteiger partial charge is 0.378 e. The van der Waals surface area contributed by atoms with Gasteiger partial charge in [0.1, 0.15) is 6.04 Å². The monoisotopic (exact) mass is 498 g/mol. The van der Waals surface area contributed by atoms with Crippen LogP contribution in [-0.4, -0.2) is 57.2 Å². The first kappa shape index (κ1) is 28.3. The van der Waals surface area contributed by atoms with Crippen LogP contribution in [-0.2, 0) is 27.2 Å². The number of carbonyl (C=O) groups excluding carboxylic acids is 2. The second-order valence-electron chi connectivity index (χ2n) is 8.07. The molecule has 0 spiro atoms. The maximum atomic E-state index is 12.7. The van der Waals surface area contributed by atoms with Crippen LogP contribution in [0.3, 0.4) is 0 Å². The van der Waals surface area contributed by atoms with Crippen LogP contribution in [0.2, 0.25) is 0 Å². The minimum absolute atomic E-state index is 0. The first-order valence-electron chi connectivity index (χ1n) is 11.7. The molecule has 0 saturated carbocycles. The van der Waals surface area contributed by atoms with Crippen molar-refractivity contribution in [2.45, 2.75) is 18.9 Å². The van der Waals surface area contributed by atoms with E-state index in [0.29, 0.717) is 39.3 Å². The normalized spacial score (nSPS) is 11.5. The van der Waals surface area contributed by atoms with Crippen molar-refractivity contribution in [2.24, 2.45) is 5.73 Å². The van der Waals surface area contributed by atoms with Crippen LogP contribution < -0.4 is 21.7 Å². The number of amides is 2. The predicted molar refractivity (Wildman–Crippen MR) is 143 cm³/mol. The van der Waals surface area contributed by atoms with Crippen molar-refractivity contribution in [3.05, 3.63) is 83.9 Å². The third-order valence-electron chi connectivity index (χ3n) is 5.48. The fourth-order valence-corrected chi connectivity index (χ4v) is 3.79. The molecular weight excluding hydrogens is 464 g/mol. The topological polar surface area (TPSA) is 105 Å². The summed E-state index contributed by atoms with van der Waals surface area (Å²) in [7, 11) is 0. The minimum atomic E-state index is -0.663. The average molecular weight is 499 g/mol. The van der Waals surface area contributed by atoms with E-state index in [-0.39, 0.29) is 30.8 Å². The van der Waals surface area contributed by atoms with Gasteiger partial charge in [0.05, 0.1) is 19.8 Å². The van der Waals surface area contributed by atoms with Crippen LogP contribution in [0.4, 0.5) is 0 Å². The summed E-state index contributed by atoms with van der Waals surface area (Å²) in [5, 5.41) is 11.3. The zero-order valence-electron chi connectivity index (χ0n) is 19.9. The van der Waals surface area contributed by atoms with Gasteiger partial charge in [0, 0.05) is 19.5 Å². The number of halogens is 1. The number of hydrogen-bond donors (Lipinski definition) is 4. The van der Waals surface area contributed by atoms with E-state index in [4.69, 9.17) is 10.5 Å². The summed E-state index contributed by atoms with van der Waals surface area (Å²) in [5.41, 5.74) is 7.62. The number of fused-ring (bicyclic) bond motifs is 1. The first-order valence-corrected chi connectivity index (χ1v) is 11.7. The van der Waals surface area contributed by atoms with Gasteiger partial charge in [-0.1, -0.05) is 72.8 Å². The minimum Gasteiger partial charge on any atom is -0.378 e. The molecule has 1 atom stereocenters. The number of hydrogen-bond acceptors (Lipinski definition) is 5. The lowest BCUT2D eigenvalue weighted by Gasteiger charge is -2.19. The lowest BCUT2D eigenvalue weighted by molar-refractivity contribution is -0.128. The van der Waals surface area contributed by atoms with E-state index in [0.717, 1.165) is 12.0 Å². The fraction of sp³-hybridized carbons (Fsp3) is 0.333. The van der Waals surface area contributed by atoms with Gasteiger partial charge in [-0.05, 0) is 34.9 Å². The highest BCUT2D eigenvalue weighted by Gasteiger charge is 2.20. The van der Waals surface area contributed by atoms with Crippen LogP contribution in [0, 0.1) is 0 Å². The van der Waals surface area contributed by atoms with E-state index >= 15 is 0 Å². The van der Waals surface area contributed by atoms with Gasteiger partial charge in [0.2, 0.25) is 11.8 Å². The Morgan fingerprint density at radius 2 is 1.63 bits per heavy atom. The maximum Gasteiger partial charge on any atom is 0.243 e. The third-order valence-corrected chi connectivity index (χ3v) is 5.48. The Labute approximate surface area is 213 Å². The number of carbonyl (C=O) groups is 2. The smallest absolute Gasteiger partial charge is 0.243 e.